The van der Waals surface area contributed by atoms with Gasteiger partial charge in [-0.05, 0) is 37.1 Å². The summed E-state index contributed by atoms with van der Waals surface area (Å²) in [6, 6.07) is 4.25. The van der Waals surface area contributed by atoms with Gasteiger partial charge in [0.1, 0.15) is 5.82 Å². The zero-order valence-corrected chi connectivity index (χ0v) is 11.0. The van der Waals surface area contributed by atoms with E-state index >= 15 is 0 Å². The SMILES string of the molecule is COCCCCNCc1ccc(F)cc1C(N)=NO. The molecule has 0 radical (unpaired) electrons. The van der Waals surface area contributed by atoms with Crippen molar-refractivity contribution in [3.8, 4) is 0 Å². The first-order valence-electron chi connectivity index (χ1n) is 6.15. The smallest absolute Gasteiger partial charge is 0.170 e. The normalized spacial score (nSPS) is 11.8. The Morgan fingerprint density at radius 2 is 2.26 bits per heavy atom. The van der Waals surface area contributed by atoms with Crippen molar-refractivity contribution in [2.45, 2.75) is 19.4 Å². The van der Waals surface area contributed by atoms with E-state index in [2.05, 4.69) is 10.5 Å². The largest absolute Gasteiger partial charge is 0.409 e. The predicted octanol–water partition coefficient (Wildman–Crippen LogP) is 1.44. The average molecular weight is 269 g/mol. The summed E-state index contributed by atoms with van der Waals surface area (Å²) < 4.78 is 18.1. The highest BCUT2D eigenvalue weighted by atomic mass is 19.1. The van der Waals surface area contributed by atoms with Crippen LogP contribution in [-0.2, 0) is 11.3 Å². The Morgan fingerprint density at radius 1 is 1.47 bits per heavy atom. The first-order chi connectivity index (χ1) is 9.19. The minimum absolute atomic E-state index is 0.0873. The van der Waals surface area contributed by atoms with Crippen molar-refractivity contribution in [2.75, 3.05) is 20.3 Å². The topological polar surface area (TPSA) is 79.9 Å². The average Bonchev–Trinajstić information content (AvgIpc) is 2.43. The fraction of sp³-hybridized carbons (Fsp3) is 0.462. The highest BCUT2D eigenvalue weighted by molar-refractivity contribution is 5.98. The van der Waals surface area contributed by atoms with Crippen LogP contribution in [0.2, 0.25) is 0 Å². The van der Waals surface area contributed by atoms with Crippen molar-refractivity contribution in [1.82, 2.24) is 5.32 Å². The Hall–Kier alpha value is -1.66. The van der Waals surface area contributed by atoms with Gasteiger partial charge in [0.2, 0.25) is 0 Å². The quantitative estimate of drug-likeness (QED) is 0.219. The van der Waals surface area contributed by atoms with E-state index < -0.39 is 5.82 Å². The second-order valence-electron chi connectivity index (χ2n) is 4.16. The minimum atomic E-state index is -0.412. The lowest BCUT2D eigenvalue weighted by molar-refractivity contribution is 0.192. The molecule has 1 aromatic rings. The summed E-state index contributed by atoms with van der Waals surface area (Å²) in [4.78, 5) is 0. The molecule has 0 spiro atoms. The molecular weight excluding hydrogens is 249 g/mol. The number of methoxy groups -OCH3 is 1. The number of hydrogen-bond donors (Lipinski definition) is 3. The molecule has 0 bridgehead atoms. The Bertz CT molecular complexity index is 424. The molecule has 0 aromatic heterocycles. The fourth-order valence-electron chi connectivity index (χ4n) is 1.71. The van der Waals surface area contributed by atoms with Crippen LogP contribution in [-0.4, -0.2) is 31.3 Å². The van der Waals surface area contributed by atoms with Crippen molar-refractivity contribution in [3.05, 3.63) is 35.1 Å². The lowest BCUT2D eigenvalue weighted by atomic mass is 10.1. The first-order valence-corrected chi connectivity index (χ1v) is 6.15. The third-order valence-electron chi connectivity index (χ3n) is 2.72. The second kappa shape index (κ2) is 8.44. The molecule has 0 heterocycles. The molecule has 0 aliphatic carbocycles. The van der Waals surface area contributed by atoms with Crippen LogP contribution in [0.1, 0.15) is 24.0 Å². The summed E-state index contributed by atoms with van der Waals surface area (Å²) in [7, 11) is 1.68. The number of amidine groups is 1. The molecule has 0 amide bonds. The van der Waals surface area contributed by atoms with Gasteiger partial charge >= 0.3 is 0 Å². The molecule has 5 nitrogen and oxygen atoms in total. The lowest BCUT2D eigenvalue weighted by Crippen LogP contribution is -2.21. The van der Waals surface area contributed by atoms with E-state index in [0.29, 0.717) is 12.1 Å². The highest BCUT2D eigenvalue weighted by Gasteiger charge is 2.08. The summed E-state index contributed by atoms with van der Waals surface area (Å²) in [6.45, 7) is 2.11. The molecular formula is C13H20FN3O2. The van der Waals surface area contributed by atoms with Crippen LogP contribution in [0, 0.1) is 5.82 Å². The minimum Gasteiger partial charge on any atom is -0.409 e. The van der Waals surface area contributed by atoms with Gasteiger partial charge < -0.3 is 21.0 Å². The summed E-state index contributed by atoms with van der Waals surface area (Å²) in [5.41, 5.74) is 6.73. The summed E-state index contributed by atoms with van der Waals surface area (Å²) in [5.74, 6) is -0.499. The standard InChI is InChI=1S/C13H20FN3O2/c1-19-7-3-2-6-16-9-10-4-5-11(14)8-12(10)13(15)17-18/h4-5,8,16,18H,2-3,6-7,9H2,1H3,(H2,15,17). The molecule has 4 N–H and O–H groups in total. The molecule has 0 aliphatic rings. The van der Waals surface area contributed by atoms with Gasteiger partial charge in [-0.1, -0.05) is 11.2 Å². The molecule has 19 heavy (non-hydrogen) atoms. The number of nitrogens with two attached hydrogens (primary N) is 1. The Balaban J connectivity index is 2.53. The number of ether oxygens (including phenoxy) is 1. The van der Waals surface area contributed by atoms with Gasteiger partial charge in [0, 0.05) is 25.8 Å². The number of nitrogens with one attached hydrogen (secondary N) is 1. The maximum absolute atomic E-state index is 13.1. The third kappa shape index (κ3) is 5.23. The molecule has 0 unspecified atom stereocenters. The fourth-order valence-corrected chi connectivity index (χ4v) is 1.71. The number of nitrogens with zero attached hydrogens (tertiary/aromatic N) is 1. The van der Waals surface area contributed by atoms with E-state index in [-0.39, 0.29) is 5.84 Å². The van der Waals surface area contributed by atoms with Crippen LogP contribution < -0.4 is 11.1 Å². The van der Waals surface area contributed by atoms with Crippen molar-refractivity contribution in [3.63, 3.8) is 0 Å². The molecule has 1 rings (SSSR count). The predicted molar refractivity (Wildman–Crippen MR) is 71.7 cm³/mol. The van der Waals surface area contributed by atoms with Gasteiger partial charge in [-0.25, -0.2) is 4.39 Å². The van der Waals surface area contributed by atoms with Crippen LogP contribution in [0.25, 0.3) is 0 Å². The van der Waals surface area contributed by atoms with Crippen LogP contribution in [0.5, 0.6) is 0 Å². The summed E-state index contributed by atoms with van der Waals surface area (Å²) in [6.07, 6.45) is 1.98. The number of rotatable bonds is 8. The summed E-state index contributed by atoms with van der Waals surface area (Å²) in [5, 5.41) is 14.8. The number of hydrogen-bond acceptors (Lipinski definition) is 4. The highest BCUT2D eigenvalue weighted by Crippen LogP contribution is 2.11. The number of halogens is 1. The maximum Gasteiger partial charge on any atom is 0.170 e. The lowest BCUT2D eigenvalue weighted by Gasteiger charge is -2.10. The third-order valence-corrected chi connectivity index (χ3v) is 2.72. The van der Waals surface area contributed by atoms with Crippen LogP contribution in [0.3, 0.4) is 0 Å². The van der Waals surface area contributed by atoms with E-state index in [1.54, 1.807) is 13.2 Å². The summed E-state index contributed by atoms with van der Waals surface area (Å²) >= 11 is 0. The van der Waals surface area contributed by atoms with Gasteiger partial charge in [0.05, 0.1) is 0 Å². The maximum atomic E-state index is 13.1. The molecule has 0 saturated carbocycles. The van der Waals surface area contributed by atoms with Crippen molar-refractivity contribution in [1.29, 1.82) is 0 Å². The van der Waals surface area contributed by atoms with E-state index in [1.807, 2.05) is 0 Å². The van der Waals surface area contributed by atoms with Gasteiger partial charge in [-0.2, -0.15) is 0 Å². The molecule has 0 atom stereocenters. The van der Waals surface area contributed by atoms with Gasteiger partial charge in [-0.3, -0.25) is 0 Å². The molecule has 6 heteroatoms. The van der Waals surface area contributed by atoms with Gasteiger partial charge in [0.15, 0.2) is 5.84 Å². The first kappa shape index (κ1) is 15.4. The van der Waals surface area contributed by atoms with E-state index in [4.69, 9.17) is 15.7 Å². The van der Waals surface area contributed by atoms with Gasteiger partial charge in [-0.15, -0.1) is 0 Å². The Labute approximate surface area is 112 Å². The second-order valence-corrected chi connectivity index (χ2v) is 4.16. The van der Waals surface area contributed by atoms with E-state index in [1.165, 1.54) is 12.1 Å². The molecule has 1 aromatic carbocycles. The van der Waals surface area contributed by atoms with Crippen LogP contribution in [0.15, 0.2) is 23.4 Å². The van der Waals surface area contributed by atoms with Crippen molar-refractivity contribution in [2.24, 2.45) is 10.9 Å². The van der Waals surface area contributed by atoms with Crippen molar-refractivity contribution < 1.29 is 14.3 Å². The molecule has 0 fully saturated rings. The molecule has 0 aliphatic heterocycles. The monoisotopic (exact) mass is 269 g/mol. The number of oxime groups is 1. The van der Waals surface area contributed by atoms with Crippen LogP contribution >= 0.6 is 0 Å². The zero-order chi connectivity index (χ0) is 14.1. The van der Waals surface area contributed by atoms with Crippen LogP contribution in [0.4, 0.5) is 4.39 Å². The Kier molecular flexibility index (Phi) is 6.84. The van der Waals surface area contributed by atoms with E-state index in [9.17, 15) is 4.39 Å². The number of unbranched alkanes of at least 4 members (excludes halogenated alkanes) is 1. The van der Waals surface area contributed by atoms with Gasteiger partial charge in [0.25, 0.3) is 0 Å². The molecule has 0 saturated heterocycles. The molecule has 106 valence electrons. The van der Waals surface area contributed by atoms with Crippen molar-refractivity contribution >= 4 is 5.84 Å². The number of benzene rings is 1. The Morgan fingerprint density at radius 3 is 2.95 bits per heavy atom. The van der Waals surface area contributed by atoms with E-state index in [0.717, 1.165) is 31.6 Å². The zero-order valence-electron chi connectivity index (χ0n) is 11.0.